The molecule has 2 heterocycles. The van der Waals surface area contributed by atoms with Gasteiger partial charge in [0.25, 0.3) is 0 Å². The maximum atomic E-state index is 5.68. The first-order valence-electron chi connectivity index (χ1n) is 9.32. The molecule has 140 valence electrons. The molecule has 5 nitrogen and oxygen atoms in total. The van der Waals surface area contributed by atoms with Crippen molar-refractivity contribution < 1.29 is 14.2 Å². The Morgan fingerprint density at radius 3 is 2.40 bits per heavy atom. The van der Waals surface area contributed by atoms with Crippen LogP contribution >= 0.6 is 0 Å². The van der Waals surface area contributed by atoms with Crippen LogP contribution in [0.25, 0.3) is 0 Å². The van der Waals surface area contributed by atoms with Crippen molar-refractivity contribution in [3.63, 3.8) is 0 Å². The lowest BCUT2D eigenvalue weighted by molar-refractivity contribution is -0.0922. The van der Waals surface area contributed by atoms with Crippen molar-refractivity contribution in [2.45, 2.75) is 31.8 Å². The molecule has 2 aliphatic rings. The van der Waals surface area contributed by atoms with Crippen LogP contribution in [0, 0.1) is 5.92 Å². The number of piperidine rings is 1. The van der Waals surface area contributed by atoms with Crippen molar-refractivity contribution in [3.05, 3.63) is 23.8 Å². The third kappa shape index (κ3) is 4.10. The maximum Gasteiger partial charge on any atom is 0.122 e. The Hall–Kier alpha value is -1.30. The van der Waals surface area contributed by atoms with Crippen LogP contribution in [0.15, 0.2) is 18.2 Å². The Bertz CT molecular complexity index is 548. The minimum absolute atomic E-state index is 0.336. The van der Waals surface area contributed by atoms with Gasteiger partial charge in [-0.15, -0.1) is 0 Å². The van der Waals surface area contributed by atoms with Crippen LogP contribution in [0.4, 0.5) is 0 Å². The molecular weight excluding hydrogens is 316 g/mol. The summed E-state index contributed by atoms with van der Waals surface area (Å²) in [4.78, 5) is 5.09. The Kier molecular flexibility index (Phi) is 5.87. The molecule has 2 saturated heterocycles. The number of ether oxygens (including phenoxy) is 3. The second-order valence-electron chi connectivity index (χ2n) is 7.53. The van der Waals surface area contributed by atoms with Gasteiger partial charge in [-0.2, -0.15) is 0 Å². The minimum Gasteiger partial charge on any atom is -0.497 e. The van der Waals surface area contributed by atoms with E-state index in [9.17, 15) is 0 Å². The molecule has 1 aromatic carbocycles. The molecule has 0 aliphatic carbocycles. The third-order valence-corrected chi connectivity index (χ3v) is 5.76. The van der Waals surface area contributed by atoms with Gasteiger partial charge in [-0.1, -0.05) is 0 Å². The maximum absolute atomic E-state index is 5.68. The van der Waals surface area contributed by atoms with Crippen molar-refractivity contribution in [2.75, 3.05) is 54.1 Å². The number of likely N-dealkylation sites (tertiary alicyclic amines) is 2. The van der Waals surface area contributed by atoms with Crippen LogP contribution in [0.1, 0.15) is 25.3 Å². The SMILES string of the molecule is CCOC[C@H]1CCN(C)C2(C1)CN(Cc1cc(OC)cc(OC)c1)C2. The summed E-state index contributed by atoms with van der Waals surface area (Å²) in [6.07, 6.45) is 2.51. The van der Waals surface area contributed by atoms with Crippen LogP contribution in [0.2, 0.25) is 0 Å². The first-order chi connectivity index (χ1) is 12.1. The zero-order valence-electron chi connectivity index (χ0n) is 16.1. The Labute approximate surface area is 151 Å². The Balaban J connectivity index is 1.59. The van der Waals surface area contributed by atoms with Crippen LogP contribution in [-0.2, 0) is 11.3 Å². The van der Waals surface area contributed by atoms with Gasteiger partial charge in [-0.25, -0.2) is 0 Å². The Morgan fingerprint density at radius 1 is 1.12 bits per heavy atom. The van der Waals surface area contributed by atoms with E-state index in [4.69, 9.17) is 14.2 Å². The summed E-state index contributed by atoms with van der Waals surface area (Å²) in [7, 11) is 5.68. The van der Waals surface area contributed by atoms with Crippen LogP contribution < -0.4 is 9.47 Å². The molecule has 3 rings (SSSR count). The summed E-state index contributed by atoms with van der Waals surface area (Å²) in [6, 6.07) is 6.14. The second kappa shape index (κ2) is 7.94. The molecule has 0 N–H and O–H groups in total. The monoisotopic (exact) mass is 348 g/mol. The van der Waals surface area contributed by atoms with Gasteiger partial charge in [-0.05, 0) is 57.0 Å². The van der Waals surface area contributed by atoms with Crippen molar-refractivity contribution in [1.29, 1.82) is 0 Å². The topological polar surface area (TPSA) is 34.2 Å². The smallest absolute Gasteiger partial charge is 0.122 e. The van der Waals surface area contributed by atoms with E-state index < -0.39 is 0 Å². The lowest BCUT2D eigenvalue weighted by atomic mass is 9.75. The molecular formula is C20H32N2O3. The number of rotatable bonds is 7. The predicted molar refractivity (Wildman–Crippen MR) is 99.4 cm³/mol. The van der Waals surface area contributed by atoms with Crippen molar-refractivity contribution in [1.82, 2.24) is 9.80 Å². The number of hydrogen-bond donors (Lipinski definition) is 0. The van der Waals surface area contributed by atoms with Gasteiger partial charge < -0.3 is 14.2 Å². The van der Waals surface area contributed by atoms with Gasteiger partial charge in [0.15, 0.2) is 0 Å². The molecule has 2 fully saturated rings. The Morgan fingerprint density at radius 2 is 1.80 bits per heavy atom. The average Bonchev–Trinajstić information content (AvgIpc) is 2.60. The standard InChI is InChI=1S/C20H32N2O3/c1-5-25-13-16-6-7-21(2)20(11-16)14-22(15-20)12-17-8-18(23-3)10-19(9-17)24-4/h8-10,16H,5-7,11-15H2,1-4H3/t16-/m0/s1. The van der Waals surface area contributed by atoms with Gasteiger partial charge in [0, 0.05) is 44.5 Å². The molecule has 0 radical (unpaired) electrons. The van der Waals surface area contributed by atoms with Gasteiger partial charge >= 0.3 is 0 Å². The summed E-state index contributed by atoms with van der Waals surface area (Å²) < 4.78 is 16.5. The first kappa shape index (κ1) is 18.5. The molecule has 0 unspecified atom stereocenters. The lowest BCUT2D eigenvalue weighted by Gasteiger charge is -2.58. The largest absolute Gasteiger partial charge is 0.497 e. The van der Waals surface area contributed by atoms with Crippen molar-refractivity contribution in [2.24, 2.45) is 5.92 Å². The number of nitrogens with zero attached hydrogens (tertiary/aromatic N) is 2. The fraction of sp³-hybridized carbons (Fsp3) is 0.700. The number of likely N-dealkylation sites (N-methyl/N-ethyl adjacent to an activating group) is 1. The number of methoxy groups -OCH3 is 2. The van der Waals surface area contributed by atoms with Gasteiger partial charge in [0.1, 0.15) is 11.5 Å². The average molecular weight is 348 g/mol. The van der Waals surface area contributed by atoms with Crippen molar-refractivity contribution >= 4 is 0 Å². The van der Waals surface area contributed by atoms with E-state index in [1.54, 1.807) is 14.2 Å². The van der Waals surface area contributed by atoms with Crippen molar-refractivity contribution in [3.8, 4) is 11.5 Å². The predicted octanol–water partition coefficient (Wildman–Crippen LogP) is 2.64. The van der Waals surface area contributed by atoms with Crippen LogP contribution in [-0.4, -0.2) is 69.5 Å². The highest BCUT2D eigenvalue weighted by Crippen LogP contribution is 2.39. The van der Waals surface area contributed by atoms with E-state index in [2.05, 4.69) is 35.9 Å². The molecule has 1 spiro atoms. The van der Waals surface area contributed by atoms with E-state index in [1.807, 2.05) is 6.07 Å². The molecule has 0 saturated carbocycles. The summed E-state index contributed by atoms with van der Waals surface area (Å²) in [5.41, 5.74) is 1.58. The molecule has 0 amide bonds. The summed E-state index contributed by atoms with van der Waals surface area (Å²) in [6.45, 7) is 8.20. The third-order valence-electron chi connectivity index (χ3n) is 5.76. The number of hydrogen-bond acceptors (Lipinski definition) is 5. The summed E-state index contributed by atoms with van der Waals surface area (Å²) >= 11 is 0. The van der Waals surface area contributed by atoms with E-state index in [0.29, 0.717) is 11.5 Å². The minimum atomic E-state index is 0.336. The molecule has 25 heavy (non-hydrogen) atoms. The zero-order valence-corrected chi connectivity index (χ0v) is 16.1. The normalized spacial score (nSPS) is 23.4. The molecule has 1 aromatic rings. The number of benzene rings is 1. The van der Waals surface area contributed by atoms with Gasteiger partial charge in [0.05, 0.1) is 14.2 Å². The molecule has 0 bridgehead atoms. The molecule has 2 aliphatic heterocycles. The van der Waals surface area contributed by atoms with Crippen LogP contribution in [0.3, 0.4) is 0 Å². The molecule has 0 aromatic heterocycles. The van der Waals surface area contributed by atoms with Crippen LogP contribution in [0.5, 0.6) is 11.5 Å². The van der Waals surface area contributed by atoms with Gasteiger partial charge in [0.2, 0.25) is 0 Å². The van der Waals surface area contributed by atoms with E-state index >= 15 is 0 Å². The fourth-order valence-corrected chi connectivity index (χ4v) is 4.32. The second-order valence-corrected chi connectivity index (χ2v) is 7.53. The summed E-state index contributed by atoms with van der Waals surface area (Å²) in [5.74, 6) is 2.42. The molecule has 5 heteroatoms. The van der Waals surface area contributed by atoms with E-state index in [-0.39, 0.29) is 0 Å². The first-order valence-corrected chi connectivity index (χ1v) is 9.32. The highest BCUT2D eigenvalue weighted by Gasteiger charge is 2.49. The summed E-state index contributed by atoms with van der Waals surface area (Å²) in [5, 5.41) is 0. The van der Waals surface area contributed by atoms with Gasteiger partial charge in [-0.3, -0.25) is 9.80 Å². The highest BCUT2D eigenvalue weighted by atomic mass is 16.5. The zero-order chi connectivity index (χ0) is 17.9. The molecule has 1 atom stereocenters. The van der Waals surface area contributed by atoms with E-state index in [1.165, 1.54) is 24.9 Å². The lowest BCUT2D eigenvalue weighted by Crippen LogP contribution is -2.71. The quantitative estimate of drug-likeness (QED) is 0.757. The fourth-order valence-electron chi connectivity index (χ4n) is 4.32. The highest BCUT2D eigenvalue weighted by molar-refractivity contribution is 5.38. The van der Waals surface area contributed by atoms with E-state index in [0.717, 1.165) is 44.3 Å².